The van der Waals surface area contributed by atoms with Crippen molar-refractivity contribution < 1.29 is 22.7 Å². The van der Waals surface area contributed by atoms with Crippen LogP contribution in [-0.2, 0) is 14.9 Å². The molecule has 0 saturated carbocycles. The summed E-state index contributed by atoms with van der Waals surface area (Å²) in [6, 6.07) is 11.5. The Labute approximate surface area is 144 Å². The third kappa shape index (κ3) is 7.08. The van der Waals surface area contributed by atoms with E-state index in [9.17, 15) is 23.3 Å². The fraction of sp³-hybridized carbons (Fsp3) is 0.133. The summed E-state index contributed by atoms with van der Waals surface area (Å²) in [7, 11) is -4.02. The molecule has 4 N–H and O–H groups in total. The molecule has 0 unspecified atom stereocenters. The molecule has 0 aliphatic carbocycles. The fourth-order valence-electron chi connectivity index (χ4n) is 1.59. The van der Waals surface area contributed by atoms with Gasteiger partial charge < -0.3 is 11.1 Å². The lowest BCUT2D eigenvalue weighted by Gasteiger charge is -2.01. The van der Waals surface area contributed by atoms with Gasteiger partial charge in [-0.3, -0.25) is 19.5 Å². The number of nitrogens with zero attached hydrogens (tertiary/aromatic N) is 1. The van der Waals surface area contributed by atoms with Crippen LogP contribution < -0.4 is 11.1 Å². The summed E-state index contributed by atoms with van der Waals surface area (Å²) >= 11 is 0. The van der Waals surface area contributed by atoms with E-state index in [1.54, 1.807) is 12.1 Å². The maximum absolute atomic E-state index is 10.8. The number of hydrogen-bond donors (Lipinski definition) is 3. The van der Waals surface area contributed by atoms with Crippen LogP contribution in [0.4, 0.5) is 11.4 Å². The van der Waals surface area contributed by atoms with E-state index in [0.29, 0.717) is 5.69 Å². The largest absolute Gasteiger partial charge is 0.325 e. The zero-order chi connectivity index (χ0) is 19.0. The molecule has 0 aliphatic rings. The van der Waals surface area contributed by atoms with E-state index in [1.807, 2.05) is 6.92 Å². The van der Waals surface area contributed by atoms with Crippen LogP contribution in [-0.4, -0.2) is 30.3 Å². The van der Waals surface area contributed by atoms with Crippen molar-refractivity contribution in [3.63, 3.8) is 0 Å². The van der Waals surface area contributed by atoms with Crippen LogP contribution in [0.5, 0.6) is 0 Å². The van der Waals surface area contributed by atoms with E-state index in [0.717, 1.165) is 5.56 Å². The van der Waals surface area contributed by atoms with Gasteiger partial charge in [0.25, 0.3) is 15.8 Å². The highest BCUT2D eigenvalue weighted by Gasteiger charge is 2.07. The number of rotatable bonds is 4. The molecule has 134 valence electrons. The lowest BCUT2D eigenvalue weighted by atomic mass is 10.2. The number of nitro benzene ring substituents is 1. The molecule has 25 heavy (non-hydrogen) atoms. The molecule has 9 nitrogen and oxygen atoms in total. The minimum absolute atomic E-state index is 0.0178. The number of anilines is 1. The highest BCUT2D eigenvalue weighted by molar-refractivity contribution is 7.85. The summed E-state index contributed by atoms with van der Waals surface area (Å²) in [6.07, 6.45) is 0. The van der Waals surface area contributed by atoms with Gasteiger partial charge >= 0.3 is 0 Å². The number of non-ortho nitro benzene ring substituents is 1. The quantitative estimate of drug-likeness (QED) is 0.422. The number of carbonyl (C=O) groups excluding carboxylic acids is 1. The second kappa shape index (κ2) is 8.87. The van der Waals surface area contributed by atoms with E-state index in [-0.39, 0.29) is 23.0 Å². The SMILES string of the molecule is Cc1ccc(S(=O)(=O)O)cc1.NCC(=O)Nc1ccc([N+](=O)[O-])cc1. The molecule has 0 aliphatic heterocycles. The molecular weight excluding hydrogens is 350 g/mol. The summed E-state index contributed by atoms with van der Waals surface area (Å²) < 4.78 is 29.6. The van der Waals surface area contributed by atoms with Crippen LogP contribution >= 0.6 is 0 Å². The maximum atomic E-state index is 10.8. The van der Waals surface area contributed by atoms with Gasteiger partial charge in [0.15, 0.2) is 0 Å². The van der Waals surface area contributed by atoms with E-state index in [2.05, 4.69) is 5.32 Å². The molecule has 0 aromatic heterocycles. The van der Waals surface area contributed by atoms with Crippen LogP contribution in [0.1, 0.15) is 5.56 Å². The Hall–Kier alpha value is -2.82. The molecule has 2 rings (SSSR count). The van der Waals surface area contributed by atoms with Crippen molar-refractivity contribution in [1.82, 2.24) is 0 Å². The molecule has 0 heterocycles. The van der Waals surface area contributed by atoms with Crippen molar-refractivity contribution in [3.05, 3.63) is 64.2 Å². The van der Waals surface area contributed by atoms with Gasteiger partial charge in [0, 0.05) is 17.8 Å². The predicted octanol–water partition coefficient (Wildman–Crippen LogP) is 1.73. The van der Waals surface area contributed by atoms with Gasteiger partial charge in [-0.1, -0.05) is 17.7 Å². The van der Waals surface area contributed by atoms with Crippen LogP contribution in [0.2, 0.25) is 0 Å². The molecule has 10 heteroatoms. The molecule has 0 atom stereocenters. The Morgan fingerprint density at radius 3 is 2.08 bits per heavy atom. The Kier molecular flexibility index (Phi) is 7.18. The minimum Gasteiger partial charge on any atom is -0.325 e. The van der Waals surface area contributed by atoms with Crippen LogP contribution in [0.25, 0.3) is 0 Å². The highest BCUT2D eigenvalue weighted by Crippen LogP contribution is 2.15. The zero-order valence-electron chi connectivity index (χ0n) is 13.2. The summed E-state index contributed by atoms with van der Waals surface area (Å²) in [5.74, 6) is -0.334. The number of nitrogens with two attached hydrogens (primary N) is 1. The van der Waals surface area contributed by atoms with Crippen molar-refractivity contribution in [2.24, 2.45) is 5.73 Å². The van der Waals surface area contributed by atoms with Crippen LogP contribution in [0, 0.1) is 17.0 Å². The van der Waals surface area contributed by atoms with Crippen molar-refractivity contribution in [3.8, 4) is 0 Å². The smallest absolute Gasteiger partial charge is 0.294 e. The predicted molar refractivity (Wildman–Crippen MR) is 91.8 cm³/mol. The molecule has 1 amide bonds. The lowest BCUT2D eigenvalue weighted by molar-refractivity contribution is -0.384. The molecule has 2 aromatic rings. The third-order valence-corrected chi connectivity index (χ3v) is 3.73. The first kappa shape index (κ1) is 20.2. The Morgan fingerprint density at radius 1 is 1.16 bits per heavy atom. The van der Waals surface area contributed by atoms with Gasteiger partial charge in [-0.05, 0) is 31.2 Å². The van der Waals surface area contributed by atoms with E-state index < -0.39 is 15.0 Å². The first-order valence-electron chi connectivity index (χ1n) is 6.92. The Bertz CT molecular complexity index is 833. The van der Waals surface area contributed by atoms with E-state index >= 15 is 0 Å². The second-order valence-electron chi connectivity index (χ2n) is 4.84. The fourth-order valence-corrected chi connectivity index (χ4v) is 2.07. The Morgan fingerprint density at radius 2 is 1.68 bits per heavy atom. The van der Waals surface area contributed by atoms with Gasteiger partial charge in [-0.25, -0.2) is 0 Å². The van der Waals surface area contributed by atoms with Gasteiger partial charge in [0.05, 0.1) is 16.4 Å². The number of nitrogens with one attached hydrogen (secondary N) is 1. The molecule has 0 spiro atoms. The molecule has 0 bridgehead atoms. The summed E-state index contributed by atoms with van der Waals surface area (Å²) in [5, 5.41) is 12.8. The molecule has 0 saturated heterocycles. The standard InChI is InChI=1S/C8H9N3O3.C7H8O3S/c9-5-8(12)10-6-1-3-7(4-2-6)11(13)14;1-6-2-4-7(5-3-6)11(8,9)10/h1-4H,5,9H2,(H,10,12);2-5H,1H3,(H,8,9,10). The average molecular weight is 367 g/mol. The van der Waals surface area contributed by atoms with Crippen LogP contribution in [0.15, 0.2) is 53.4 Å². The van der Waals surface area contributed by atoms with E-state index in [1.165, 1.54) is 36.4 Å². The summed E-state index contributed by atoms with van der Waals surface area (Å²) in [5.41, 5.74) is 6.51. The van der Waals surface area contributed by atoms with E-state index in [4.69, 9.17) is 10.3 Å². The zero-order valence-corrected chi connectivity index (χ0v) is 14.1. The van der Waals surface area contributed by atoms with Crippen molar-refractivity contribution in [1.29, 1.82) is 0 Å². The van der Waals surface area contributed by atoms with Crippen molar-refractivity contribution in [2.45, 2.75) is 11.8 Å². The Balaban J connectivity index is 0.000000257. The number of benzene rings is 2. The van der Waals surface area contributed by atoms with Gasteiger partial charge in [-0.2, -0.15) is 8.42 Å². The van der Waals surface area contributed by atoms with Gasteiger partial charge in [-0.15, -0.1) is 0 Å². The average Bonchev–Trinajstić information content (AvgIpc) is 2.55. The van der Waals surface area contributed by atoms with Gasteiger partial charge in [0.1, 0.15) is 0 Å². The molecule has 0 radical (unpaired) electrons. The number of carbonyl (C=O) groups is 1. The highest BCUT2D eigenvalue weighted by atomic mass is 32.2. The third-order valence-electron chi connectivity index (χ3n) is 2.87. The van der Waals surface area contributed by atoms with Crippen molar-refractivity contribution >= 4 is 27.4 Å². The second-order valence-corrected chi connectivity index (χ2v) is 6.27. The topological polar surface area (TPSA) is 153 Å². The molecule has 2 aromatic carbocycles. The molecular formula is C15H17N3O6S. The van der Waals surface area contributed by atoms with Crippen LogP contribution in [0.3, 0.4) is 0 Å². The van der Waals surface area contributed by atoms with Gasteiger partial charge in [0.2, 0.25) is 5.91 Å². The minimum atomic E-state index is -4.02. The number of nitro groups is 1. The number of hydrogen-bond acceptors (Lipinski definition) is 6. The monoisotopic (exact) mass is 367 g/mol. The molecule has 0 fully saturated rings. The van der Waals surface area contributed by atoms with Crippen molar-refractivity contribution in [2.75, 3.05) is 11.9 Å². The summed E-state index contributed by atoms with van der Waals surface area (Å²) in [6.45, 7) is 1.73. The number of aryl methyl sites for hydroxylation is 1. The normalized spacial score (nSPS) is 10.4. The number of amides is 1. The first-order valence-corrected chi connectivity index (χ1v) is 8.36. The first-order chi connectivity index (χ1) is 11.6. The summed E-state index contributed by atoms with van der Waals surface area (Å²) in [4.78, 5) is 20.5. The maximum Gasteiger partial charge on any atom is 0.294 e. The lowest BCUT2D eigenvalue weighted by Crippen LogP contribution is -2.21.